The first-order chi connectivity index (χ1) is 34.1. The number of hydrogen-bond acceptors (Lipinski definition) is 4. The maximum atomic E-state index is 12.4. The second-order valence-corrected chi connectivity index (χ2v) is 34.2. The Morgan fingerprint density at radius 3 is 0.662 bits per heavy atom. The van der Waals surface area contributed by atoms with Gasteiger partial charge in [-0.05, 0) is 0 Å². The van der Waals surface area contributed by atoms with Gasteiger partial charge in [-0.15, -0.1) is 0 Å². The Labute approximate surface area is 447 Å². The van der Waals surface area contributed by atoms with E-state index in [9.17, 15) is 19.8 Å². The van der Waals surface area contributed by atoms with Crippen molar-refractivity contribution in [1.29, 1.82) is 0 Å². The van der Waals surface area contributed by atoms with Gasteiger partial charge in [0.15, 0.2) is 0 Å². The Balaban J connectivity index is 0.000000265. The molecule has 0 aromatic heterocycles. The predicted octanol–water partition coefficient (Wildman–Crippen LogP) is 8.59. The van der Waals surface area contributed by atoms with Gasteiger partial charge < -0.3 is 0 Å². The van der Waals surface area contributed by atoms with Gasteiger partial charge in [0.2, 0.25) is 0 Å². The van der Waals surface area contributed by atoms with Crippen LogP contribution in [0.4, 0.5) is 0 Å². The number of unbranched alkanes of at least 4 members (excludes halogenated alkanes) is 2. The summed E-state index contributed by atoms with van der Waals surface area (Å²) < 4.78 is 7.04. The fourth-order valence-corrected chi connectivity index (χ4v) is 34.1. The normalized spacial score (nSPS) is 12.5. The van der Waals surface area contributed by atoms with Crippen molar-refractivity contribution in [3.05, 3.63) is 268 Å². The van der Waals surface area contributed by atoms with Gasteiger partial charge in [0.25, 0.3) is 0 Å². The molecule has 4 nitrogen and oxygen atoms in total. The minimum atomic E-state index is -3.58. The minimum Gasteiger partial charge on any atom is -0.0654 e. The monoisotopic (exact) mass is 1170 g/mol. The summed E-state index contributed by atoms with van der Waals surface area (Å²) in [4.78, 5) is 24.7. The van der Waals surface area contributed by atoms with E-state index in [2.05, 4.69) is 198 Å². The molecule has 4 radical (unpaired) electrons. The largest absolute Gasteiger partial charge is 2.00 e. The van der Waals surface area contributed by atoms with E-state index >= 15 is 0 Å². The predicted molar refractivity (Wildman–Crippen MR) is 301 cm³/mol. The number of benzene rings is 8. The van der Waals surface area contributed by atoms with Crippen molar-refractivity contribution in [3.63, 3.8) is 0 Å². The van der Waals surface area contributed by atoms with Crippen LogP contribution in [0.5, 0.6) is 0 Å². The zero-order chi connectivity index (χ0) is 50.2. The second kappa shape index (κ2) is 30.5. The summed E-state index contributed by atoms with van der Waals surface area (Å²) in [6.07, 6.45) is 4.56. The van der Waals surface area contributed by atoms with Crippen LogP contribution in [0, 0.1) is 25.7 Å². The number of carbonyl (C=O) groups is 2. The number of hydrogen-bond donors (Lipinski definition) is 0. The number of carboxylic acid groups (broad SMARTS) is 2. The first-order valence-corrected chi connectivity index (χ1v) is 33.3. The zero-order valence-corrected chi connectivity index (χ0v) is 48.8. The van der Waals surface area contributed by atoms with Crippen LogP contribution in [0.15, 0.2) is 243 Å². The molecule has 4 unspecified atom stereocenters. The third-order valence-electron chi connectivity index (χ3n) is 13.1. The van der Waals surface area contributed by atoms with Gasteiger partial charge in [0.1, 0.15) is 0 Å². The summed E-state index contributed by atoms with van der Waals surface area (Å²) in [5.74, 6) is -3.32. The fourth-order valence-electron chi connectivity index (χ4n) is 9.70. The minimum absolute atomic E-state index is 0. The zero-order valence-electron chi connectivity index (χ0n) is 41.8. The molecule has 0 saturated carbocycles. The Hall–Kier alpha value is -5.42. The summed E-state index contributed by atoms with van der Waals surface area (Å²) in [7, 11) is 0. The quantitative estimate of drug-likeness (QED) is 0.0910. The van der Waals surface area contributed by atoms with Crippen LogP contribution in [0.2, 0.25) is 0 Å². The number of carboxylic acids is 2. The van der Waals surface area contributed by atoms with Gasteiger partial charge in [-0.3, -0.25) is 0 Å². The van der Waals surface area contributed by atoms with Crippen molar-refractivity contribution in [3.8, 4) is 0 Å². The van der Waals surface area contributed by atoms with Crippen molar-refractivity contribution in [2.75, 3.05) is 0 Å². The first kappa shape index (κ1) is 58.2. The van der Waals surface area contributed by atoms with E-state index in [0.717, 1.165) is 24.0 Å². The van der Waals surface area contributed by atoms with E-state index in [-0.39, 0.29) is 33.4 Å². The van der Waals surface area contributed by atoms with Crippen molar-refractivity contribution < 1.29 is 19.8 Å². The molecule has 0 N–H and O–H groups in total. The van der Waals surface area contributed by atoms with E-state index < -0.39 is 50.3 Å². The Kier molecular flexibility index (Phi) is 25.0. The standard InChI is InChI=1S/2C28H26GeO2.2C4H9.Sn/c2*1-22(28(30)31)27(23-14-6-2-7-15-23)29(24-16-8-3-9-17-24,25-18-10-4-11-19-25)26-20-12-5-13-21-26;2*1-3-4-2;/h2*2-22,27H,1H3,(H,30,31);2*1,3-4H2,2H3;/q;;;;+2/p-2. The molecule has 0 aliphatic rings. The molecule has 360 valence electrons. The van der Waals surface area contributed by atoms with Crippen LogP contribution in [-0.2, 0) is 9.59 Å². The molecule has 0 aliphatic heterocycles. The van der Waals surface area contributed by atoms with Gasteiger partial charge in [-0.1, -0.05) is 53.4 Å². The molecule has 0 heterocycles. The molecule has 0 aliphatic carbocycles. The molecule has 0 fully saturated rings. The van der Waals surface area contributed by atoms with Gasteiger partial charge in [-0.25, -0.2) is 0 Å². The smallest absolute Gasteiger partial charge is 0.0654 e. The molecule has 4 atom stereocenters. The van der Waals surface area contributed by atoms with Crippen molar-refractivity contribution in [1.82, 2.24) is 0 Å². The Bertz CT molecular complexity index is 2290. The number of aliphatic carboxylic acids is 2. The number of rotatable bonds is 16. The van der Waals surface area contributed by atoms with E-state index in [1.165, 1.54) is 39.2 Å². The van der Waals surface area contributed by atoms with E-state index in [1.807, 2.05) is 86.6 Å². The van der Waals surface area contributed by atoms with Crippen LogP contribution in [0.25, 0.3) is 0 Å². The topological polar surface area (TPSA) is 80.3 Å². The molecule has 0 bridgehead atoms. The fraction of sp³-hybridized carbons (Fsp3) is 0.188. The van der Waals surface area contributed by atoms with E-state index in [1.54, 1.807) is 0 Å². The van der Waals surface area contributed by atoms with Gasteiger partial charge in [0.05, 0.1) is 0 Å². The van der Waals surface area contributed by atoms with Gasteiger partial charge >= 0.3 is 398 Å². The average molecular weight is 1170 g/mol. The summed E-state index contributed by atoms with van der Waals surface area (Å²) in [6, 6.07) is 83.2. The molecular formula is C64H68Ge2O4Sn. The van der Waals surface area contributed by atoms with E-state index in [0.29, 0.717) is 0 Å². The van der Waals surface area contributed by atoms with Crippen molar-refractivity contribution >= 4 is 88.8 Å². The summed E-state index contributed by atoms with van der Waals surface area (Å²) in [6.45, 7) is 15.1. The SMILES string of the molecule is CC(C(=O)[O-])[CH](c1ccccc1)[Ge]([c]1ccccc1)([c]1ccccc1)[c]1ccccc1.CC(C(=O)[O-])[CH](c1ccccc1)[Ge]([c]1ccccc1)([c]1ccccc1)[c]1ccccc1.[CH2]CCC.[CH2]CCC.[Sn+2]. The average Bonchev–Trinajstić information content (AvgIpc) is 3.43. The third-order valence-corrected chi connectivity index (χ3v) is 36.1. The van der Waals surface area contributed by atoms with Crippen LogP contribution < -0.4 is 36.6 Å². The molecule has 8 aromatic carbocycles. The second-order valence-electron chi connectivity index (χ2n) is 17.5. The van der Waals surface area contributed by atoms with Crippen LogP contribution >= 0.6 is 0 Å². The third kappa shape index (κ3) is 14.4. The van der Waals surface area contributed by atoms with E-state index in [4.69, 9.17) is 0 Å². The summed E-state index contributed by atoms with van der Waals surface area (Å²) >= 11 is -7.17. The van der Waals surface area contributed by atoms with Crippen LogP contribution in [0.3, 0.4) is 0 Å². The molecule has 8 aromatic rings. The van der Waals surface area contributed by atoms with Crippen molar-refractivity contribution in [2.24, 2.45) is 11.8 Å². The summed E-state index contributed by atoms with van der Waals surface area (Å²) in [5.41, 5.74) is 2.10. The van der Waals surface area contributed by atoms with Crippen molar-refractivity contribution in [2.45, 2.75) is 62.9 Å². The molecule has 71 heavy (non-hydrogen) atoms. The van der Waals surface area contributed by atoms with Gasteiger partial charge in [0, 0.05) is 0 Å². The van der Waals surface area contributed by atoms with Gasteiger partial charge in [-0.2, -0.15) is 0 Å². The molecule has 0 spiro atoms. The van der Waals surface area contributed by atoms with Crippen LogP contribution in [-0.4, -0.2) is 62.4 Å². The molecule has 8 rings (SSSR count). The maximum absolute atomic E-state index is 12.4. The van der Waals surface area contributed by atoms with Crippen LogP contribution in [0.1, 0.15) is 74.0 Å². The molecule has 0 saturated heterocycles. The Morgan fingerprint density at radius 2 is 0.521 bits per heavy atom. The molecule has 0 amide bonds. The molecular weight excluding hydrogens is 1100 g/mol. The number of carbonyl (C=O) groups excluding carboxylic acids is 2. The maximum Gasteiger partial charge on any atom is 2.00 e. The Morgan fingerprint density at radius 1 is 0.366 bits per heavy atom. The molecule has 7 heteroatoms. The first-order valence-electron chi connectivity index (χ1n) is 24.6. The summed E-state index contributed by atoms with van der Waals surface area (Å²) in [5, 5.41) is 24.7.